The van der Waals surface area contributed by atoms with Crippen LogP contribution < -0.4 is 10.6 Å². The Kier molecular flexibility index (Phi) is 4.98. The zero-order valence-electron chi connectivity index (χ0n) is 11.8. The fourth-order valence-electron chi connectivity index (χ4n) is 2.53. The van der Waals surface area contributed by atoms with E-state index in [1.165, 1.54) is 6.42 Å². The summed E-state index contributed by atoms with van der Waals surface area (Å²) in [7, 11) is 0. The summed E-state index contributed by atoms with van der Waals surface area (Å²) in [5.41, 5.74) is 0. The molecule has 2 N–H and O–H groups in total. The van der Waals surface area contributed by atoms with Crippen LogP contribution in [-0.2, 0) is 14.3 Å². The monoisotopic (exact) mass is 282 g/mol. The fourth-order valence-corrected chi connectivity index (χ4v) is 2.53. The molecule has 2 atom stereocenters. The van der Waals surface area contributed by atoms with Crippen molar-refractivity contribution < 1.29 is 19.1 Å². The first kappa shape index (κ1) is 14.8. The highest BCUT2D eigenvalue weighted by atomic mass is 16.5. The van der Waals surface area contributed by atoms with Crippen LogP contribution in [0.2, 0.25) is 0 Å². The maximum atomic E-state index is 11.6. The molecule has 0 spiro atoms. The van der Waals surface area contributed by atoms with Gasteiger partial charge in [0.2, 0.25) is 0 Å². The van der Waals surface area contributed by atoms with Crippen LogP contribution in [0.15, 0.2) is 0 Å². The van der Waals surface area contributed by atoms with Crippen molar-refractivity contribution in [3.63, 3.8) is 0 Å². The van der Waals surface area contributed by atoms with Crippen LogP contribution >= 0.6 is 0 Å². The minimum absolute atomic E-state index is 0.0705. The van der Waals surface area contributed by atoms with Crippen LogP contribution in [0.4, 0.5) is 4.79 Å². The van der Waals surface area contributed by atoms with E-state index in [1.54, 1.807) is 0 Å². The molecule has 0 radical (unpaired) electrons. The number of ether oxygens (including phenoxy) is 1. The molecular weight excluding hydrogens is 260 g/mol. The molecule has 0 aromatic rings. The van der Waals surface area contributed by atoms with Gasteiger partial charge in [-0.1, -0.05) is 26.2 Å². The second kappa shape index (κ2) is 6.72. The molecule has 0 aromatic carbocycles. The zero-order valence-corrected chi connectivity index (χ0v) is 11.8. The molecule has 0 aliphatic heterocycles. The Balaban J connectivity index is 1.60. The predicted molar refractivity (Wildman–Crippen MR) is 71.8 cm³/mol. The Labute approximate surface area is 118 Å². The highest BCUT2D eigenvalue weighted by molar-refractivity contribution is 5.95. The highest BCUT2D eigenvalue weighted by Crippen LogP contribution is 2.38. The average Bonchev–Trinajstić information content (AvgIpc) is 3.14. The van der Waals surface area contributed by atoms with Gasteiger partial charge in [0.05, 0.1) is 5.92 Å². The van der Waals surface area contributed by atoms with Gasteiger partial charge in [0.1, 0.15) is 0 Å². The summed E-state index contributed by atoms with van der Waals surface area (Å²) in [4.78, 5) is 34.5. The molecule has 0 saturated heterocycles. The lowest BCUT2D eigenvalue weighted by molar-refractivity contribution is -0.149. The van der Waals surface area contributed by atoms with Crippen molar-refractivity contribution in [2.45, 2.75) is 51.5 Å². The Bertz CT molecular complexity index is 391. The van der Waals surface area contributed by atoms with E-state index in [0.717, 1.165) is 32.1 Å². The Morgan fingerprint density at radius 2 is 1.80 bits per heavy atom. The SMILES string of the molecule is C[C@H]1C[C@@H]1C(=O)OCC(=O)NC(=O)NC1CCCCC1. The Morgan fingerprint density at radius 1 is 1.15 bits per heavy atom. The topological polar surface area (TPSA) is 84.5 Å². The van der Waals surface area contributed by atoms with Crippen molar-refractivity contribution in [2.75, 3.05) is 6.61 Å². The van der Waals surface area contributed by atoms with Crippen molar-refractivity contribution in [3.05, 3.63) is 0 Å². The normalized spacial score (nSPS) is 25.6. The molecular formula is C14H22N2O4. The fraction of sp³-hybridized carbons (Fsp3) is 0.786. The number of esters is 1. The van der Waals surface area contributed by atoms with E-state index >= 15 is 0 Å². The van der Waals surface area contributed by atoms with Gasteiger partial charge in [0.15, 0.2) is 6.61 Å². The van der Waals surface area contributed by atoms with Crippen molar-refractivity contribution >= 4 is 17.9 Å². The van der Waals surface area contributed by atoms with Crippen LogP contribution in [-0.4, -0.2) is 30.6 Å². The molecule has 3 amide bonds. The molecule has 2 aliphatic carbocycles. The minimum atomic E-state index is -0.583. The van der Waals surface area contributed by atoms with Gasteiger partial charge in [-0.3, -0.25) is 14.9 Å². The van der Waals surface area contributed by atoms with Crippen molar-refractivity contribution in [3.8, 4) is 0 Å². The first-order valence-corrected chi connectivity index (χ1v) is 7.33. The summed E-state index contributed by atoms with van der Waals surface area (Å²) in [6.07, 6.45) is 6.15. The maximum absolute atomic E-state index is 11.6. The van der Waals surface area contributed by atoms with Gasteiger partial charge in [-0.05, 0) is 25.2 Å². The number of amides is 3. The minimum Gasteiger partial charge on any atom is -0.455 e. The molecule has 0 heterocycles. The van der Waals surface area contributed by atoms with Gasteiger partial charge in [0, 0.05) is 6.04 Å². The average molecular weight is 282 g/mol. The highest BCUT2D eigenvalue weighted by Gasteiger charge is 2.40. The molecule has 0 aromatic heterocycles. The van der Waals surface area contributed by atoms with E-state index in [-0.39, 0.29) is 24.5 Å². The van der Waals surface area contributed by atoms with Gasteiger partial charge in [-0.2, -0.15) is 0 Å². The molecule has 2 aliphatic rings. The predicted octanol–water partition coefficient (Wildman–Crippen LogP) is 1.34. The standard InChI is InChI=1S/C14H22N2O4/c1-9-7-11(9)13(18)20-8-12(17)16-14(19)15-10-5-3-2-4-6-10/h9-11H,2-8H2,1H3,(H2,15,16,17,19)/t9-,11-/m0/s1. The number of hydrogen-bond donors (Lipinski definition) is 2. The summed E-state index contributed by atoms with van der Waals surface area (Å²) in [5, 5.41) is 4.96. The lowest BCUT2D eigenvalue weighted by Gasteiger charge is -2.22. The summed E-state index contributed by atoms with van der Waals surface area (Å²) >= 11 is 0. The maximum Gasteiger partial charge on any atom is 0.321 e. The van der Waals surface area contributed by atoms with E-state index in [1.807, 2.05) is 6.92 Å². The third-order valence-electron chi connectivity index (χ3n) is 3.95. The van der Waals surface area contributed by atoms with Crippen molar-refractivity contribution in [1.29, 1.82) is 0 Å². The number of rotatable bonds is 4. The van der Waals surface area contributed by atoms with Gasteiger partial charge < -0.3 is 10.1 Å². The number of urea groups is 1. The molecule has 6 heteroatoms. The lowest BCUT2D eigenvalue weighted by Crippen LogP contribution is -2.46. The molecule has 20 heavy (non-hydrogen) atoms. The Morgan fingerprint density at radius 3 is 2.40 bits per heavy atom. The summed E-state index contributed by atoms with van der Waals surface area (Å²) in [5.74, 6) is -0.653. The Hall–Kier alpha value is -1.59. The van der Waals surface area contributed by atoms with Crippen LogP contribution in [0.3, 0.4) is 0 Å². The third kappa shape index (κ3) is 4.51. The number of hydrogen-bond acceptors (Lipinski definition) is 4. The molecule has 2 saturated carbocycles. The molecule has 2 rings (SSSR count). The number of nitrogens with one attached hydrogen (secondary N) is 2. The van der Waals surface area contributed by atoms with Gasteiger partial charge >= 0.3 is 12.0 Å². The van der Waals surface area contributed by atoms with Crippen LogP contribution in [0.5, 0.6) is 0 Å². The van der Waals surface area contributed by atoms with E-state index in [2.05, 4.69) is 10.6 Å². The first-order chi connectivity index (χ1) is 9.56. The summed E-state index contributed by atoms with van der Waals surface area (Å²) in [6, 6.07) is -0.357. The molecule has 0 bridgehead atoms. The number of imide groups is 1. The van der Waals surface area contributed by atoms with Crippen molar-refractivity contribution in [2.24, 2.45) is 11.8 Å². The molecule has 0 unspecified atom stereocenters. The molecule has 2 fully saturated rings. The molecule has 6 nitrogen and oxygen atoms in total. The van der Waals surface area contributed by atoms with Crippen LogP contribution in [0.1, 0.15) is 45.4 Å². The quantitative estimate of drug-likeness (QED) is 0.762. The van der Waals surface area contributed by atoms with E-state index in [4.69, 9.17) is 4.74 Å². The van der Waals surface area contributed by atoms with Gasteiger partial charge in [-0.15, -0.1) is 0 Å². The summed E-state index contributed by atoms with van der Waals surface area (Å²) in [6.45, 7) is 1.57. The summed E-state index contributed by atoms with van der Waals surface area (Å²) < 4.78 is 4.86. The van der Waals surface area contributed by atoms with Crippen LogP contribution in [0.25, 0.3) is 0 Å². The van der Waals surface area contributed by atoms with Crippen LogP contribution in [0, 0.1) is 11.8 Å². The lowest BCUT2D eigenvalue weighted by atomic mass is 9.96. The second-order valence-electron chi connectivity index (χ2n) is 5.78. The number of carbonyl (C=O) groups is 3. The third-order valence-corrected chi connectivity index (χ3v) is 3.95. The van der Waals surface area contributed by atoms with Gasteiger partial charge in [-0.25, -0.2) is 4.79 Å². The zero-order chi connectivity index (χ0) is 14.5. The van der Waals surface area contributed by atoms with Gasteiger partial charge in [0.25, 0.3) is 5.91 Å². The van der Waals surface area contributed by atoms with E-state index < -0.39 is 11.9 Å². The van der Waals surface area contributed by atoms with E-state index in [0.29, 0.717) is 5.92 Å². The van der Waals surface area contributed by atoms with Crippen molar-refractivity contribution in [1.82, 2.24) is 10.6 Å². The number of carbonyl (C=O) groups excluding carboxylic acids is 3. The first-order valence-electron chi connectivity index (χ1n) is 7.33. The smallest absolute Gasteiger partial charge is 0.321 e. The van der Waals surface area contributed by atoms with E-state index in [9.17, 15) is 14.4 Å². The largest absolute Gasteiger partial charge is 0.455 e. The second-order valence-corrected chi connectivity index (χ2v) is 5.78. The molecule has 112 valence electrons.